The van der Waals surface area contributed by atoms with Gasteiger partial charge in [-0.2, -0.15) is 0 Å². The molecule has 0 aliphatic heterocycles. The number of carbonyl (C=O) groups excluding carboxylic acids is 1. The quantitative estimate of drug-likeness (QED) is 0.0588. The van der Waals surface area contributed by atoms with Crippen molar-refractivity contribution in [1.29, 1.82) is 0 Å². The molecule has 220 valence electrons. The Balaban J connectivity index is 1.89. The van der Waals surface area contributed by atoms with Crippen LogP contribution in [-0.2, 0) is 4.79 Å². The molecule has 6 N–H and O–H groups in total. The van der Waals surface area contributed by atoms with Gasteiger partial charge in [0.1, 0.15) is 0 Å². The van der Waals surface area contributed by atoms with Gasteiger partial charge in [-0.15, -0.1) is 0 Å². The molecule has 0 fully saturated rings. The van der Waals surface area contributed by atoms with Crippen molar-refractivity contribution in [1.82, 2.24) is 20.4 Å². The van der Waals surface area contributed by atoms with E-state index in [1.54, 1.807) is 26.4 Å². The first kappa shape index (κ1) is 31.8. The Labute approximate surface area is 246 Å². The summed E-state index contributed by atoms with van der Waals surface area (Å²) >= 11 is 0. The predicted octanol–water partition coefficient (Wildman–Crippen LogP) is 4.14. The number of carbonyl (C=O) groups is 1. The molecular formula is C31H37BN4O6. The van der Waals surface area contributed by atoms with Crippen LogP contribution in [0.2, 0.25) is 0 Å². The van der Waals surface area contributed by atoms with Gasteiger partial charge in [-0.3, -0.25) is 4.79 Å². The number of amides is 1. The number of H-pyrrole nitrogens is 1. The van der Waals surface area contributed by atoms with Crippen LogP contribution < -0.4 is 10.1 Å². The van der Waals surface area contributed by atoms with Gasteiger partial charge in [0, 0.05) is 20.2 Å². The van der Waals surface area contributed by atoms with Crippen LogP contribution >= 0.6 is 0 Å². The second-order valence-electron chi connectivity index (χ2n) is 9.70. The third kappa shape index (κ3) is 7.91. The Hall–Kier alpha value is -4.77. The minimum atomic E-state index is -0.868. The fourth-order valence-electron chi connectivity index (χ4n) is 4.18. The van der Waals surface area contributed by atoms with E-state index >= 15 is 0 Å². The average molecular weight is 572 g/mol. The number of nitrogens with zero attached hydrogens (tertiary/aromatic N) is 2. The van der Waals surface area contributed by atoms with E-state index in [4.69, 9.17) is 4.74 Å². The Morgan fingerprint density at radius 1 is 1.05 bits per heavy atom. The van der Waals surface area contributed by atoms with Gasteiger partial charge in [0.05, 0.1) is 0 Å². The van der Waals surface area contributed by atoms with E-state index in [1.165, 1.54) is 17.9 Å². The molecule has 0 spiro atoms. The molecule has 10 nitrogen and oxygen atoms in total. The molecule has 11 heteroatoms. The van der Waals surface area contributed by atoms with Gasteiger partial charge in [-0.05, 0) is 0 Å². The number of nitrogens with one attached hydrogen (secondary N) is 2. The molecule has 0 saturated carbocycles. The number of hydrogen-bond acceptors (Lipinski definition) is 8. The van der Waals surface area contributed by atoms with Gasteiger partial charge in [-0.1, -0.05) is 6.08 Å². The van der Waals surface area contributed by atoms with Crippen molar-refractivity contribution in [2.24, 2.45) is 0 Å². The number of fused-ring (bicyclic) bond motifs is 1. The molecule has 1 amide bonds. The summed E-state index contributed by atoms with van der Waals surface area (Å²) < 4.78 is 5.87. The van der Waals surface area contributed by atoms with Crippen LogP contribution in [-0.4, -0.2) is 88.2 Å². The Bertz CT molecular complexity index is 1550. The zero-order valence-electron chi connectivity index (χ0n) is 24.3. The molecule has 3 rings (SSSR count). The van der Waals surface area contributed by atoms with E-state index in [0.717, 1.165) is 27.6 Å². The van der Waals surface area contributed by atoms with Crippen LogP contribution in [0.25, 0.3) is 16.5 Å². The predicted molar refractivity (Wildman–Crippen MR) is 167 cm³/mol. The first-order valence-electron chi connectivity index (χ1n) is 13.4. The number of rotatable bonds is 13. The van der Waals surface area contributed by atoms with Crippen molar-refractivity contribution in [2.75, 3.05) is 33.8 Å². The topological polar surface area (TPSA) is 151 Å². The van der Waals surface area contributed by atoms with Crippen molar-refractivity contribution >= 4 is 35.3 Å². The molecule has 0 unspecified atom stereocenters. The van der Waals surface area contributed by atoms with Gasteiger partial charge in [0.2, 0.25) is 5.91 Å². The first-order chi connectivity index (χ1) is 20.0. The first-order valence-corrected chi connectivity index (χ1v) is 13.4. The van der Waals surface area contributed by atoms with E-state index in [1.807, 2.05) is 49.4 Å². The molecule has 0 saturated heterocycles. The SMILES string of the molecule is B=C(/C(O)=C(O)\C(O)=C(/C)O)/C(CC)=C(\c1ccc(OCCNC/C=C/C(=O)N(C)C)cc1)c1ccc2[nH]ncc2c1. The van der Waals surface area contributed by atoms with Crippen LogP contribution in [0.5, 0.6) is 5.75 Å². The summed E-state index contributed by atoms with van der Waals surface area (Å²) in [5.74, 6) is -2.30. The molecule has 0 atom stereocenters. The Morgan fingerprint density at radius 2 is 1.74 bits per heavy atom. The molecule has 0 bridgehead atoms. The number of aliphatic hydroxyl groups excluding tert-OH is 4. The number of aromatic nitrogens is 2. The Kier molecular flexibility index (Phi) is 11.1. The van der Waals surface area contributed by atoms with E-state index in [-0.39, 0.29) is 11.4 Å². The van der Waals surface area contributed by atoms with E-state index < -0.39 is 23.0 Å². The average Bonchev–Trinajstić information content (AvgIpc) is 3.46. The monoisotopic (exact) mass is 572 g/mol. The van der Waals surface area contributed by atoms with Crippen molar-refractivity contribution in [3.63, 3.8) is 0 Å². The van der Waals surface area contributed by atoms with Gasteiger partial charge in [0.15, 0.2) is 0 Å². The summed E-state index contributed by atoms with van der Waals surface area (Å²) in [6.07, 6.45) is 5.43. The van der Waals surface area contributed by atoms with Crippen molar-refractivity contribution in [3.05, 3.63) is 101 Å². The molecule has 42 heavy (non-hydrogen) atoms. The zero-order chi connectivity index (χ0) is 30.8. The van der Waals surface area contributed by atoms with Crippen molar-refractivity contribution in [2.45, 2.75) is 20.3 Å². The summed E-state index contributed by atoms with van der Waals surface area (Å²) in [6, 6.07) is 13.3. The number of benzene rings is 2. The maximum atomic E-state index is 11.6. The van der Waals surface area contributed by atoms with Crippen molar-refractivity contribution in [3.8, 4) is 5.75 Å². The summed E-state index contributed by atoms with van der Waals surface area (Å²) in [5.41, 5.74) is 3.96. The number of ether oxygens (including phenoxy) is 1. The maximum absolute atomic E-state index is 11.6. The summed E-state index contributed by atoms with van der Waals surface area (Å²) in [4.78, 5) is 13.1. The number of aliphatic hydroxyl groups is 4. The zero-order valence-corrected chi connectivity index (χ0v) is 24.3. The van der Waals surface area contributed by atoms with Gasteiger partial charge < -0.3 is 4.90 Å². The van der Waals surface area contributed by atoms with Crippen molar-refractivity contribution < 1.29 is 30.0 Å². The van der Waals surface area contributed by atoms with E-state index in [0.29, 0.717) is 37.4 Å². The molecule has 0 radical (unpaired) electrons. The van der Waals surface area contributed by atoms with Gasteiger partial charge in [0.25, 0.3) is 0 Å². The molecule has 3 aromatic rings. The van der Waals surface area contributed by atoms with Crippen LogP contribution in [0.4, 0.5) is 0 Å². The van der Waals surface area contributed by atoms with Crippen LogP contribution in [0.15, 0.2) is 89.4 Å². The number of likely N-dealkylation sites (N-methyl/N-ethyl adjacent to an activating group) is 1. The van der Waals surface area contributed by atoms with E-state index in [2.05, 4.69) is 23.0 Å². The summed E-state index contributed by atoms with van der Waals surface area (Å²) in [6.45, 7) is 4.63. The molecule has 0 aliphatic rings. The second kappa shape index (κ2) is 14.7. The number of allylic oxidation sites excluding steroid dienone is 2. The second-order valence-corrected chi connectivity index (χ2v) is 9.70. The number of hydrogen-bond donors (Lipinski definition) is 6. The van der Waals surface area contributed by atoms with E-state index in [9.17, 15) is 25.2 Å². The Morgan fingerprint density at radius 3 is 2.38 bits per heavy atom. The molecule has 1 heterocycles. The summed E-state index contributed by atoms with van der Waals surface area (Å²) in [7, 11) is 7.40. The molecule has 1 aromatic heterocycles. The van der Waals surface area contributed by atoms with Gasteiger partial charge >= 0.3 is 204 Å². The summed E-state index contributed by atoms with van der Waals surface area (Å²) in [5, 5.41) is 51.8. The standard InChI is InChI=1S/C31H37BN4O6/c1-5-24(28(32)30(40)31(41)29(39)19(2)37)27(21-10-13-25-22(17-21)18-34-35-25)20-8-11-23(12-9-20)42-16-15-33-14-6-7-26(38)36(3)4/h6-13,17-18,32-33,37,39-41H,5,14-16H2,1-4H3,(H,34,35)/b7-6+,27-24+,29-19-,31-30-. The minimum absolute atomic E-state index is 0.0701. The molecule has 2 aromatic carbocycles. The molecule has 0 aliphatic carbocycles. The third-order valence-electron chi connectivity index (χ3n) is 6.48. The van der Waals surface area contributed by atoms with Crippen LogP contribution in [0.1, 0.15) is 31.4 Å². The normalized spacial score (nSPS) is 13.4. The molecular weight excluding hydrogens is 535 g/mol. The third-order valence-corrected chi connectivity index (χ3v) is 6.48. The number of aromatic amines is 1. The van der Waals surface area contributed by atoms with Gasteiger partial charge in [-0.25, -0.2) is 0 Å². The fraction of sp³-hybridized carbons (Fsp3) is 0.258. The fourth-order valence-corrected chi connectivity index (χ4v) is 4.18. The van der Waals surface area contributed by atoms with Crippen LogP contribution in [0.3, 0.4) is 0 Å². The van der Waals surface area contributed by atoms with Crippen LogP contribution in [0, 0.1) is 0 Å².